The molecule has 26 heavy (non-hydrogen) atoms. The van der Waals surface area contributed by atoms with Gasteiger partial charge >= 0.3 is 0 Å². The summed E-state index contributed by atoms with van der Waals surface area (Å²) in [7, 11) is 0. The van der Waals surface area contributed by atoms with Crippen molar-refractivity contribution in [2.45, 2.75) is 39.7 Å². The topological polar surface area (TPSA) is 50.2 Å². The first-order valence-electron chi connectivity index (χ1n) is 9.65. The van der Waals surface area contributed by atoms with Gasteiger partial charge in [0.05, 0.1) is 12.2 Å². The minimum atomic E-state index is 0.172. The molecule has 1 aromatic heterocycles. The molecule has 5 nitrogen and oxygen atoms in total. The van der Waals surface area contributed by atoms with Crippen LogP contribution in [0.25, 0.3) is 0 Å². The summed E-state index contributed by atoms with van der Waals surface area (Å²) >= 11 is 0. The quantitative estimate of drug-likeness (QED) is 0.924. The molecular formula is C21H28N4O. The molecule has 3 heterocycles. The van der Waals surface area contributed by atoms with Crippen LogP contribution < -0.4 is 5.32 Å². The van der Waals surface area contributed by atoms with Crippen molar-refractivity contribution in [2.24, 2.45) is 5.41 Å². The predicted molar refractivity (Wildman–Crippen MR) is 102 cm³/mol. The van der Waals surface area contributed by atoms with Crippen molar-refractivity contribution < 1.29 is 4.79 Å². The van der Waals surface area contributed by atoms with E-state index < -0.39 is 0 Å². The summed E-state index contributed by atoms with van der Waals surface area (Å²) < 4.78 is 2.00. The van der Waals surface area contributed by atoms with Crippen molar-refractivity contribution in [3.8, 4) is 0 Å². The van der Waals surface area contributed by atoms with Crippen LogP contribution in [-0.4, -0.2) is 46.8 Å². The second-order valence-electron chi connectivity index (χ2n) is 8.04. The van der Waals surface area contributed by atoms with Gasteiger partial charge < -0.3 is 10.2 Å². The van der Waals surface area contributed by atoms with Gasteiger partial charge in [0.15, 0.2) is 0 Å². The van der Waals surface area contributed by atoms with Crippen LogP contribution in [0.2, 0.25) is 0 Å². The lowest BCUT2D eigenvalue weighted by atomic mass is 9.79. The first-order valence-corrected chi connectivity index (χ1v) is 9.65. The number of carbonyl (C=O) groups excluding carboxylic acids is 1. The SMILES string of the molecule is Cc1cc(C)n(Cc2cccc(C(=O)N3CCCC4(CCNC4)C3)c2)n1. The molecule has 2 aliphatic rings. The molecule has 0 saturated carbocycles. The normalized spacial score (nSPS) is 22.9. The molecule has 1 amide bonds. The Hall–Kier alpha value is -2.14. The van der Waals surface area contributed by atoms with E-state index >= 15 is 0 Å². The zero-order valence-electron chi connectivity index (χ0n) is 15.8. The molecule has 138 valence electrons. The Bertz CT molecular complexity index is 804. The van der Waals surface area contributed by atoms with Crippen LogP contribution in [0.15, 0.2) is 30.3 Å². The van der Waals surface area contributed by atoms with Crippen molar-refractivity contribution in [1.82, 2.24) is 20.0 Å². The van der Waals surface area contributed by atoms with E-state index in [0.29, 0.717) is 12.0 Å². The van der Waals surface area contributed by atoms with E-state index in [0.717, 1.165) is 55.1 Å². The summed E-state index contributed by atoms with van der Waals surface area (Å²) in [5.41, 5.74) is 4.39. The largest absolute Gasteiger partial charge is 0.338 e. The number of piperidine rings is 1. The Balaban J connectivity index is 1.50. The molecule has 2 fully saturated rings. The summed E-state index contributed by atoms with van der Waals surface area (Å²) in [5.74, 6) is 0.172. The van der Waals surface area contributed by atoms with E-state index in [9.17, 15) is 4.79 Å². The average Bonchev–Trinajstić information content (AvgIpc) is 3.20. The number of likely N-dealkylation sites (tertiary alicyclic amines) is 1. The van der Waals surface area contributed by atoms with Crippen LogP contribution in [0.4, 0.5) is 0 Å². The van der Waals surface area contributed by atoms with Crippen LogP contribution in [0.5, 0.6) is 0 Å². The van der Waals surface area contributed by atoms with Gasteiger partial charge in [-0.05, 0) is 63.4 Å². The molecule has 0 aliphatic carbocycles. The average molecular weight is 352 g/mol. The van der Waals surface area contributed by atoms with Gasteiger partial charge in [-0.2, -0.15) is 5.10 Å². The Labute approximate surface area is 155 Å². The lowest BCUT2D eigenvalue weighted by Gasteiger charge is -2.40. The number of carbonyl (C=O) groups is 1. The van der Waals surface area contributed by atoms with Gasteiger partial charge in [0.1, 0.15) is 0 Å². The maximum Gasteiger partial charge on any atom is 0.253 e. The molecule has 4 rings (SSSR count). The summed E-state index contributed by atoms with van der Waals surface area (Å²) in [4.78, 5) is 15.2. The fraction of sp³-hybridized carbons (Fsp3) is 0.524. The van der Waals surface area contributed by atoms with Crippen molar-refractivity contribution in [3.63, 3.8) is 0 Å². The number of hydrogen-bond acceptors (Lipinski definition) is 3. The summed E-state index contributed by atoms with van der Waals surface area (Å²) in [5, 5.41) is 8.01. The summed E-state index contributed by atoms with van der Waals surface area (Å²) in [6.07, 6.45) is 3.54. The predicted octanol–water partition coefficient (Wildman–Crippen LogP) is 2.76. The molecule has 2 saturated heterocycles. The molecule has 1 N–H and O–H groups in total. The minimum Gasteiger partial charge on any atom is -0.338 e. The third-order valence-electron chi connectivity index (χ3n) is 5.89. The highest BCUT2D eigenvalue weighted by molar-refractivity contribution is 5.94. The van der Waals surface area contributed by atoms with Crippen LogP contribution in [0, 0.1) is 19.3 Å². The van der Waals surface area contributed by atoms with Crippen molar-refractivity contribution in [1.29, 1.82) is 0 Å². The highest BCUT2D eigenvalue weighted by atomic mass is 16.2. The van der Waals surface area contributed by atoms with E-state index in [-0.39, 0.29) is 5.91 Å². The van der Waals surface area contributed by atoms with Gasteiger partial charge in [0, 0.05) is 36.3 Å². The molecule has 2 aromatic rings. The third-order valence-corrected chi connectivity index (χ3v) is 5.89. The minimum absolute atomic E-state index is 0.172. The van der Waals surface area contributed by atoms with Crippen LogP contribution in [0.3, 0.4) is 0 Å². The standard InChI is InChI=1S/C21H28N4O/c1-16-11-17(2)25(23-16)13-18-5-3-6-19(12-18)20(26)24-10-4-7-21(15-24)8-9-22-14-21/h3,5-6,11-12,22H,4,7-10,13-15H2,1-2H3. The first kappa shape index (κ1) is 17.3. The highest BCUT2D eigenvalue weighted by Crippen LogP contribution is 2.36. The molecule has 2 aliphatic heterocycles. The van der Waals surface area contributed by atoms with Gasteiger partial charge in [-0.1, -0.05) is 12.1 Å². The van der Waals surface area contributed by atoms with E-state index in [2.05, 4.69) is 34.4 Å². The summed E-state index contributed by atoms with van der Waals surface area (Å²) in [6.45, 7) is 8.68. The Morgan fingerprint density at radius 3 is 2.88 bits per heavy atom. The number of aromatic nitrogens is 2. The molecule has 1 aromatic carbocycles. The lowest BCUT2D eigenvalue weighted by Crippen LogP contribution is -2.47. The third kappa shape index (κ3) is 3.40. The van der Waals surface area contributed by atoms with Crippen molar-refractivity contribution >= 4 is 5.91 Å². The molecule has 0 radical (unpaired) electrons. The van der Waals surface area contributed by atoms with Gasteiger partial charge in [0.2, 0.25) is 0 Å². The van der Waals surface area contributed by atoms with E-state index in [1.807, 2.05) is 29.8 Å². The van der Waals surface area contributed by atoms with Crippen LogP contribution in [0.1, 0.15) is 46.6 Å². The number of benzene rings is 1. The molecule has 1 atom stereocenters. The monoisotopic (exact) mass is 352 g/mol. The zero-order chi connectivity index (χ0) is 18.1. The number of rotatable bonds is 3. The Morgan fingerprint density at radius 1 is 1.27 bits per heavy atom. The van der Waals surface area contributed by atoms with E-state index in [1.54, 1.807) is 0 Å². The molecule has 1 spiro atoms. The highest BCUT2D eigenvalue weighted by Gasteiger charge is 2.39. The van der Waals surface area contributed by atoms with Crippen molar-refractivity contribution in [3.05, 3.63) is 52.8 Å². The van der Waals surface area contributed by atoms with Gasteiger partial charge in [-0.25, -0.2) is 0 Å². The van der Waals surface area contributed by atoms with Crippen LogP contribution >= 0.6 is 0 Å². The number of nitrogens with one attached hydrogen (secondary N) is 1. The fourth-order valence-corrected chi connectivity index (χ4v) is 4.52. The number of aryl methyl sites for hydroxylation is 2. The Morgan fingerprint density at radius 2 is 2.15 bits per heavy atom. The second kappa shape index (κ2) is 6.88. The zero-order valence-corrected chi connectivity index (χ0v) is 15.8. The van der Waals surface area contributed by atoms with Crippen molar-refractivity contribution in [2.75, 3.05) is 26.2 Å². The fourth-order valence-electron chi connectivity index (χ4n) is 4.52. The number of amides is 1. The molecule has 5 heteroatoms. The second-order valence-corrected chi connectivity index (χ2v) is 8.04. The van der Waals surface area contributed by atoms with E-state index in [1.165, 1.54) is 12.8 Å². The smallest absolute Gasteiger partial charge is 0.253 e. The number of nitrogens with zero attached hydrogens (tertiary/aromatic N) is 3. The van der Waals surface area contributed by atoms with Gasteiger partial charge in [-0.15, -0.1) is 0 Å². The Kier molecular flexibility index (Phi) is 4.57. The number of hydrogen-bond donors (Lipinski definition) is 1. The first-order chi connectivity index (χ1) is 12.5. The lowest BCUT2D eigenvalue weighted by molar-refractivity contribution is 0.0553. The molecular weight excluding hydrogens is 324 g/mol. The molecule has 1 unspecified atom stereocenters. The van der Waals surface area contributed by atoms with Gasteiger partial charge in [-0.3, -0.25) is 9.48 Å². The van der Waals surface area contributed by atoms with Gasteiger partial charge in [0.25, 0.3) is 5.91 Å². The maximum absolute atomic E-state index is 13.1. The molecule has 0 bridgehead atoms. The van der Waals surface area contributed by atoms with Crippen LogP contribution in [-0.2, 0) is 6.54 Å². The summed E-state index contributed by atoms with van der Waals surface area (Å²) in [6, 6.07) is 10.1. The maximum atomic E-state index is 13.1. The van der Waals surface area contributed by atoms with E-state index in [4.69, 9.17) is 0 Å².